The summed E-state index contributed by atoms with van der Waals surface area (Å²) in [5.41, 5.74) is 3.27. The molecule has 2 heterocycles. The Hall–Kier alpha value is -2.50. The van der Waals surface area contributed by atoms with Crippen molar-refractivity contribution in [2.24, 2.45) is 4.99 Å². The molecular weight excluding hydrogens is 361 g/mol. The summed E-state index contributed by atoms with van der Waals surface area (Å²) < 4.78 is 5.37. The molecule has 1 aromatic heterocycles. The topological polar surface area (TPSA) is 61.9 Å². The molecule has 0 bridgehead atoms. The largest absolute Gasteiger partial charge is 0.491 e. The van der Waals surface area contributed by atoms with E-state index in [0.717, 1.165) is 22.5 Å². The maximum absolute atomic E-state index is 9.51. The Morgan fingerprint density at radius 3 is 2.68 bits per heavy atom. The summed E-state index contributed by atoms with van der Waals surface area (Å²) in [7, 11) is 0. The smallest absolute Gasteiger partial charge is 0.305 e. The zero-order valence-electron chi connectivity index (χ0n) is 13.0. The first-order chi connectivity index (χ1) is 12.1. The second-order valence-corrected chi connectivity index (χ2v) is 6.36. The van der Waals surface area contributed by atoms with Crippen LogP contribution in [0.4, 0.5) is 11.7 Å². The molecule has 126 valence electrons. The Bertz CT molecular complexity index is 968. The molecule has 1 aliphatic heterocycles. The number of rotatable bonds is 2. The van der Waals surface area contributed by atoms with E-state index in [0.29, 0.717) is 29.1 Å². The zero-order chi connectivity index (χ0) is 17.4. The fraction of sp³-hybridized carbons (Fsp3) is 0.111. The van der Waals surface area contributed by atoms with Gasteiger partial charge < -0.3 is 9.52 Å². The third-order valence-electron chi connectivity index (χ3n) is 3.94. The number of aromatic nitrogens is 1. The molecule has 0 radical (unpaired) electrons. The van der Waals surface area contributed by atoms with Crippen LogP contribution in [0.2, 0.25) is 10.0 Å². The van der Waals surface area contributed by atoms with Gasteiger partial charge in [-0.1, -0.05) is 41.4 Å². The van der Waals surface area contributed by atoms with Crippen LogP contribution in [-0.2, 0) is 0 Å². The number of hydrogen-bond donors (Lipinski definition) is 1. The van der Waals surface area contributed by atoms with E-state index in [4.69, 9.17) is 32.6 Å². The lowest BCUT2D eigenvalue weighted by atomic mass is 10.00. The number of aliphatic imine (C=N–C) groups is 1. The highest BCUT2D eigenvalue weighted by molar-refractivity contribution is 6.36. The highest BCUT2D eigenvalue weighted by atomic mass is 35.5. The molecule has 3 aromatic rings. The van der Waals surface area contributed by atoms with Gasteiger partial charge in [-0.25, -0.2) is 0 Å². The molecule has 1 N–H and O–H groups in total. The first-order valence-corrected chi connectivity index (χ1v) is 8.40. The highest BCUT2D eigenvalue weighted by Crippen LogP contribution is 2.35. The average Bonchev–Trinajstić information content (AvgIpc) is 2.94. The Kier molecular flexibility index (Phi) is 4.11. The van der Waals surface area contributed by atoms with E-state index in [9.17, 15) is 5.11 Å². The number of halogens is 2. The van der Waals surface area contributed by atoms with Gasteiger partial charge >= 0.3 is 6.01 Å². The van der Waals surface area contributed by atoms with Crippen LogP contribution in [0.1, 0.15) is 11.1 Å². The summed E-state index contributed by atoms with van der Waals surface area (Å²) in [5, 5.41) is 10.7. The van der Waals surface area contributed by atoms with Crippen molar-refractivity contribution in [1.29, 1.82) is 0 Å². The molecule has 0 saturated carbocycles. The van der Waals surface area contributed by atoms with E-state index < -0.39 is 0 Å². The number of benzodiazepines with no additional fused rings is 1. The molecule has 0 amide bonds. The molecule has 0 fully saturated rings. The SMILES string of the molecule is Oc1coc(N2CCN=C(c3ccccc3Cl)c3cc(Cl)ccc32)n1. The summed E-state index contributed by atoms with van der Waals surface area (Å²) in [6.07, 6.45) is 1.20. The predicted octanol–water partition coefficient (Wildman–Crippen LogP) is 4.68. The van der Waals surface area contributed by atoms with Crippen LogP contribution in [0.5, 0.6) is 5.88 Å². The molecule has 0 saturated heterocycles. The molecule has 0 spiro atoms. The minimum Gasteiger partial charge on any atom is -0.491 e. The van der Waals surface area contributed by atoms with Gasteiger partial charge in [-0.2, -0.15) is 4.98 Å². The lowest BCUT2D eigenvalue weighted by Crippen LogP contribution is -2.20. The average molecular weight is 374 g/mol. The van der Waals surface area contributed by atoms with E-state index in [2.05, 4.69) is 4.98 Å². The molecule has 7 heteroatoms. The maximum Gasteiger partial charge on any atom is 0.305 e. The van der Waals surface area contributed by atoms with E-state index in [1.54, 1.807) is 6.07 Å². The number of anilines is 2. The van der Waals surface area contributed by atoms with Crippen molar-refractivity contribution < 1.29 is 9.52 Å². The van der Waals surface area contributed by atoms with Crippen LogP contribution in [0.3, 0.4) is 0 Å². The summed E-state index contributed by atoms with van der Waals surface area (Å²) >= 11 is 12.6. The van der Waals surface area contributed by atoms with Gasteiger partial charge in [-0.15, -0.1) is 0 Å². The van der Waals surface area contributed by atoms with Crippen molar-refractivity contribution in [3.63, 3.8) is 0 Å². The van der Waals surface area contributed by atoms with Gasteiger partial charge in [0.1, 0.15) is 0 Å². The Labute approximate surface area is 154 Å². The number of aromatic hydroxyl groups is 1. The van der Waals surface area contributed by atoms with Gasteiger partial charge in [0.2, 0.25) is 0 Å². The van der Waals surface area contributed by atoms with Crippen molar-refractivity contribution in [1.82, 2.24) is 4.98 Å². The Morgan fingerprint density at radius 1 is 1.08 bits per heavy atom. The van der Waals surface area contributed by atoms with E-state index in [1.807, 2.05) is 41.3 Å². The van der Waals surface area contributed by atoms with Crippen LogP contribution in [-0.4, -0.2) is 28.9 Å². The van der Waals surface area contributed by atoms with Crippen LogP contribution in [0.25, 0.3) is 0 Å². The normalized spacial score (nSPS) is 14.0. The van der Waals surface area contributed by atoms with Crippen LogP contribution in [0.15, 0.2) is 58.1 Å². The minimum atomic E-state index is -0.165. The van der Waals surface area contributed by atoms with Gasteiger partial charge in [0.15, 0.2) is 6.26 Å². The lowest BCUT2D eigenvalue weighted by molar-refractivity contribution is 0.448. The van der Waals surface area contributed by atoms with Crippen LogP contribution >= 0.6 is 23.2 Å². The van der Waals surface area contributed by atoms with Crippen molar-refractivity contribution in [2.75, 3.05) is 18.0 Å². The van der Waals surface area contributed by atoms with Crippen molar-refractivity contribution in [3.8, 4) is 5.88 Å². The molecule has 0 aliphatic carbocycles. The Morgan fingerprint density at radius 2 is 1.92 bits per heavy atom. The van der Waals surface area contributed by atoms with Gasteiger partial charge in [0.05, 0.1) is 17.9 Å². The molecule has 0 atom stereocenters. The Balaban J connectivity index is 1.89. The number of benzene rings is 2. The second-order valence-electron chi connectivity index (χ2n) is 5.51. The highest BCUT2D eigenvalue weighted by Gasteiger charge is 2.25. The fourth-order valence-electron chi connectivity index (χ4n) is 2.86. The number of fused-ring (bicyclic) bond motifs is 1. The number of nitrogens with zero attached hydrogens (tertiary/aromatic N) is 3. The molecule has 5 nitrogen and oxygen atoms in total. The standard InChI is InChI=1S/C18H13Cl2N3O2/c19-11-5-6-15-13(9-11)17(12-3-1-2-4-14(12)20)21-7-8-23(15)18-22-16(24)10-25-18/h1-6,9-10,24H,7-8H2. The fourth-order valence-corrected chi connectivity index (χ4v) is 3.26. The quantitative estimate of drug-likeness (QED) is 0.708. The van der Waals surface area contributed by atoms with Crippen LogP contribution in [0, 0.1) is 0 Å². The third kappa shape index (κ3) is 2.97. The molecule has 0 unspecified atom stereocenters. The van der Waals surface area contributed by atoms with Gasteiger partial charge in [-0.3, -0.25) is 9.89 Å². The monoisotopic (exact) mass is 373 g/mol. The number of oxazole rings is 1. The summed E-state index contributed by atoms with van der Waals surface area (Å²) in [6.45, 7) is 1.05. The first kappa shape index (κ1) is 16.0. The van der Waals surface area contributed by atoms with E-state index >= 15 is 0 Å². The molecule has 2 aromatic carbocycles. The van der Waals surface area contributed by atoms with E-state index in [-0.39, 0.29) is 5.88 Å². The van der Waals surface area contributed by atoms with E-state index in [1.165, 1.54) is 6.26 Å². The second kappa shape index (κ2) is 6.43. The maximum atomic E-state index is 9.51. The van der Waals surface area contributed by atoms with Gasteiger partial charge in [0.25, 0.3) is 5.88 Å². The molecule has 25 heavy (non-hydrogen) atoms. The summed E-state index contributed by atoms with van der Waals surface area (Å²) in [4.78, 5) is 10.6. The van der Waals surface area contributed by atoms with Gasteiger partial charge in [0, 0.05) is 27.7 Å². The van der Waals surface area contributed by atoms with Crippen molar-refractivity contribution >= 4 is 40.6 Å². The molecule has 1 aliphatic rings. The zero-order valence-corrected chi connectivity index (χ0v) is 14.5. The summed E-state index contributed by atoms with van der Waals surface area (Å²) in [6, 6.07) is 13.4. The molecule has 4 rings (SSSR count). The first-order valence-electron chi connectivity index (χ1n) is 7.65. The molecular formula is C18H13Cl2N3O2. The predicted molar refractivity (Wildman–Crippen MR) is 98.6 cm³/mol. The van der Waals surface area contributed by atoms with Crippen LogP contribution < -0.4 is 4.90 Å². The van der Waals surface area contributed by atoms with Crippen molar-refractivity contribution in [2.45, 2.75) is 0 Å². The number of hydrogen-bond acceptors (Lipinski definition) is 5. The minimum absolute atomic E-state index is 0.165. The van der Waals surface area contributed by atoms with Crippen molar-refractivity contribution in [3.05, 3.63) is 69.9 Å². The third-order valence-corrected chi connectivity index (χ3v) is 4.50. The summed E-state index contributed by atoms with van der Waals surface area (Å²) in [5.74, 6) is -0.165. The van der Waals surface area contributed by atoms with Gasteiger partial charge in [-0.05, 0) is 24.3 Å². The lowest BCUT2D eigenvalue weighted by Gasteiger charge is -2.21.